The van der Waals surface area contributed by atoms with Crippen molar-refractivity contribution in [3.8, 4) is 0 Å². The zero-order valence-electron chi connectivity index (χ0n) is 8.20. The minimum Gasteiger partial charge on any atom is -0.481 e. The number of hydrogen-bond acceptors (Lipinski definition) is 1. The molecule has 2 bridgehead atoms. The maximum atomic E-state index is 10.7. The Morgan fingerprint density at radius 2 is 2.23 bits per heavy atom. The molecule has 2 aliphatic carbocycles. The maximum Gasteiger partial charge on any atom is 0.306 e. The molecule has 0 aromatic rings. The summed E-state index contributed by atoms with van der Waals surface area (Å²) in [7, 11) is 0. The van der Waals surface area contributed by atoms with Crippen LogP contribution in [0, 0.1) is 23.7 Å². The van der Waals surface area contributed by atoms with Gasteiger partial charge in [-0.1, -0.05) is 13.3 Å². The Morgan fingerprint density at radius 3 is 2.69 bits per heavy atom. The van der Waals surface area contributed by atoms with Crippen LogP contribution in [0.2, 0.25) is 0 Å². The first-order valence-electron chi connectivity index (χ1n) is 5.39. The lowest BCUT2D eigenvalue weighted by Crippen LogP contribution is -2.18. The maximum absolute atomic E-state index is 10.7. The zero-order chi connectivity index (χ0) is 9.42. The van der Waals surface area contributed by atoms with Crippen LogP contribution in [0.5, 0.6) is 0 Å². The van der Waals surface area contributed by atoms with Crippen LogP contribution in [0.3, 0.4) is 0 Å². The van der Waals surface area contributed by atoms with Gasteiger partial charge in [-0.3, -0.25) is 4.79 Å². The number of carboxylic acids is 1. The highest BCUT2D eigenvalue weighted by Gasteiger charge is 2.40. The number of carboxylic acid groups (broad SMARTS) is 1. The van der Waals surface area contributed by atoms with Crippen molar-refractivity contribution in [1.82, 2.24) is 0 Å². The first-order chi connectivity index (χ1) is 6.16. The summed E-state index contributed by atoms with van der Waals surface area (Å²) in [4.78, 5) is 10.7. The molecule has 2 nitrogen and oxygen atoms in total. The smallest absolute Gasteiger partial charge is 0.306 e. The fourth-order valence-electron chi connectivity index (χ4n) is 3.22. The highest BCUT2D eigenvalue weighted by Crippen LogP contribution is 2.50. The van der Waals surface area contributed by atoms with Gasteiger partial charge in [-0.15, -0.1) is 0 Å². The minimum absolute atomic E-state index is 0.135. The van der Waals surface area contributed by atoms with E-state index in [0.29, 0.717) is 0 Å². The Bertz CT molecular complexity index is 212. The highest BCUT2D eigenvalue weighted by atomic mass is 16.4. The van der Waals surface area contributed by atoms with Crippen LogP contribution in [-0.2, 0) is 4.79 Å². The van der Waals surface area contributed by atoms with Crippen molar-refractivity contribution in [2.45, 2.75) is 39.0 Å². The summed E-state index contributed by atoms with van der Waals surface area (Å²) in [6.07, 6.45) is 6.38. The molecule has 2 saturated carbocycles. The van der Waals surface area contributed by atoms with E-state index in [1.165, 1.54) is 25.7 Å². The summed E-state index contributed by atoms with van der Waals surface area (Å²) in [5, 5.41) is 8.81. The molecule has 0 aliphatic heterocycles. The molecular weight excluding hydrogens is 164 g/mol. The van der Waals surface area contributed by atoms with Crippen molar-refractivity contribution in [3.63, 3.8) is 0 Å². The molecule has 0 amide bonds. The zero-order valence-corrected chi connectivity index (χ0v) is 8.20. The van der Waals surface area contributed by atoms with Crippen LogP contribution < -0.4 is 0 Å². The Kier molecular flexibility index (Phi) is 2.31. The molecule has 4 unspecified atom stereocenters. The third-order valence-corrected chi connectivity index (χ3v) is 3.96. The molecule has 2 fully saturated rings. The second-order valence-corrected chi connectivity index (χ2v) is 4.91. The number of aliphatic carboxylic acids is 1. The molecular formula is C11H18O2. The molecule has 13 heavy (non-hydrogen) atoms. The number of rotatable bonds is 3. The monoisotopic (exact) mass is 182 g/mol. The molecule has 0 radical (unpaired) electrons. The molecule has 0 aromatic carbocycles. The SMILES string of the molecule is CC(CC1CC2CCC1C2)C(=O)O. The first-order valence-corrected chi connectivity index (χ1v) is 5.39. The van der Waals surface area contributed by atoms with Crippen LogP contribution in [0.1, 0.15) is 39.0 Å². The predicted molar refractivity (Wildman–Crippen MR) is 50.4 cm³/mol. The highest BCUT2D eigenvalue weighted by molar-refractivity contribution is 5.69. The van der Waals surface area contributed by atoms with Gasteiger partial charge in [-0.25, -0.2) is 0 Å². The van der Waals surface area contributed by atoms with Crippen LogP contribution in [0.25, 0.3) is 0 Å². The fraction of sp³-hybridized carbons (Fsp3) is 0.909. The van der Waals surface area contributed by atoms with E-state index in [1.807, 2.05) is 6.92 Å². The van der Waals surface area contributed by atoms with Crippen LogP contribution in [-0.4, -0.2) is 11.1 Å². The lowest BCUT2D eigenvalue weighted by atomic mass is 9.83. The van der Waals surface area contributed by atoms with Gasteiger partial charge in [0.05, 0.1) is 5.92 Å². The Hall–Kier alpha value is -0.530. The van der Waals surface area contributed by atoms with Crippen LogP contribution in [0.4, 0.5) is 0 Å². The van der Waals surface area contributed by atoms with Gasteiger partial charge in [-0.05, 0) is 43.4 Å². The number of fused-ring (bicyclic) bond motifs is 2. The van der Waals surface area contributed by atoms with Gasteiger partial charge in [0.1, 0.15) is 0 Å². The Balaban J connectivity index is 1.86. The second kappa shape index (κ2) is 3.32. The first kappa shape index (κ1) is 9.04. The second-order valence-electron chi connectivity index (χ2n) is 4.91. The van der Waals surface area contributed by atoms with Gasteiger partial charge in [0, 0.05) is 0 Å². The Morgan fingerprint density at radius 1 is 1.46 bits per heavy atom. The molecule has 1 N–H and O–H groups in total. The molecule has 0 spiro atoms. The van der Waals surface area contributed by atoms with E-state index in [0.717, 1.165) is 24.2 Å². The van der Waals surface area contributed by atoms with Crippen molar-refractivity contribution < 1.29 is 9.90 Å². The van der Waals surface area contributed by atoms with E-state index in [4.69, 9.17) is 5.11 Å². The molecule has 2 aliphatic rings. The summed E-state index contributed by atoms with van der Waals surface area (Å²) in [6.45, 7) is 1.84. The summed E-state index contributed by atoms with van der Waals surface area (Å²) >= 11 is 0. The number of hydrogen-bond donors (Lipinski definition) is 1. The van der Waals surface area contributed by atoms with E-state index < -0.39 is 5.97 Å². The van der Waals surface area contributed by atoms with E-state index in [-0.39, 0.29) is 5.92 Å². The van der Waals surface area contributed by atoms with Gasteiger partial charge < -0.3 is 5.11 Å². The molecule has 2 heteroatoms. The minimum atomic E-state index is -0.622. The van der Waals surface area contributed by atoms with E-state index in [1.54, 1.807) is 0 Å². The molecule has 74 valence electrons. The van der Waals surface area contributed by atoms with Crippen molar-refractivity contribution in [1.29, 1.82) is 0 Å². The van der Waals surface area contributed by atoms with E-state index in [2.05, 4.69) is 0 Å². The third-order valence-electron chi connectivity index (χ3n) is 3.96. The summed E-state index contributed by atoms with van der Waals surface area (Å²) in [5.74, 6) is 1.78. The summed E-state index contributed by atoms with van der Waals surface area (Å²) < 4.78 is 0. The fourth-order valence-corrected chi connectivity index (χ4v) is 3.22. The Labute approximate surface area is 79.3 Å². The lowest BCUT2D eigenvalue weighted by Gasteiger charge is -2.22. The number of carbonyl (C=O) groups is 1. The normalized spacial score (nSPS) is 39.3. The molecule has 0 heterocycles. The predicted octanol–water partition coefficient (Wildman–Crippen LogP) is 2.53. The van der Waals surface area contributed by atoms with Gasteiger partial charge in [0.25, 0.3) is 0 Å². The van der Waals surface area contributed by atoms with E-state index in [9.17, 15) is 4.79 Å². The van der Waals surface area contributed by atoms with Crippen LogP contribution >= 0.6 is 0 Å². The van der Waals surface area contributed by atoms with Crippen LogP contribution in [0.15, 0.2) is 0 Å². The standard InChI is InChI=1S/C11H18O2/c1-7(11(12)13)4-10-6-8-2-3-9(10)5-8/h7-10H,2-6H2,1H3,(H,12,13). The van der Waals surface area contributed by atoms with Gasteiger partial charge in [-0.2, -0.15) is 0 Å². The molecule has 4 atom stereocenters. The van der Waals surface area contributed by atoms with Crippen molar-refractivity contribution in [2.24, 2.45) is 23.7 Å². The molecule has 0 aromatic heterocycles. The average Bonchev–Trinajstić information content (AvgIpc) is 2.64. The molecule has 2 rings (SSSR count). The van der Waals surface area contributed by atoms with Gasteiger partial charge in [0.15, 0.2) is 0 Å². The third kappa shape index (κ3) is 1.72. The van der Waals surface area contributed by atoms with Crippen molar-refractivity contribution in [3.05, 3.63) is 0 Å². The van der Waals surface area contributed by atoms with E-state index >= 15 is 0 Å². The average molecular weight is 182 g/mol. The van der Waals surface area contributed by atoms with Gasteiger partial charge >= 0.3 is 5.97 Å². The molecule has 0 saturated heterocycles. The quantitative estimate of drug-likeness (QED) is 0.728. The summed E-state index contributed by atoms with van der Waals surface area (Å²) in [5.41, 5.74) is 0. The lowest BCUT2D eigenvalue weighted by molar-refractivity contribution is -0.141. The topological polar surface area (TPSA) is 37.3 Å². The van der Waals surface area contributed by atoms with Gasteiger partial charge in [0.2, 0.25) is 0 Å². The summed E-state index contributed by atoms with van der Waals surface area (Å²) in [6, 6.07) is 0. The van der Waals surface area contributed by atoms with Crippen molar-refractivity contribution >= 4 is 5.97 Å². The largest absolute Gasteiger partial charge is 0.481 e. The van der Waals surface area contributed by atoms with Crippen molar-refractivity contribution in [2.75, 3.05) is 0 Å².